The van der Waals surface area contributed by atoms with Crippen molar-refractivity contribution >= 4 is 23.4 Å². The van der Waals surface area contributed by atoms with Crippen LogP contribution in [0, 0.1) is 5.92 Å². The largest absolute Gasteiger partial charge is 0.354 e. The minimum Gasteiger partial charge on any atom is -0.354 e. The molecule has 1 aliphatic rings. The normalized spacial score (nSPS) is 14.6. The van der Waals surface area contributed by atoms with Gasteiger partial charge in [-0.15, -0.1) is 0 Å². The number of hydrogen-bond acceptors (Lipinski definition) is 2. The van der Waals surface area contributed by atoms with E-state index < -0.39 is 0 Å². The van der Waals surface area contributed by atoms with E-state index in [1.165, 1.54) is 0 Å². The van der Waals surface area contributed by atoms with Gasteiger partial charge in [-0.05, 0) is 48.6 Å². The summed E-state index contributed by atoms with van der Waals surface area (Å²) in [6.07, 6.45) is 2.15. The Morgan fingerprint density at radius 3 is 2.24 bits per heavy atom. The minimum absolute atomic E-state index is 0.0128. The SMILES string of the molecule is O=C(NCCNC(=O)C(c1ccc(Cl)cc1)C1CC1)c1ccccc1. The van der Waals surface area contributed by atoms with Gasteiger partial charge in [-0.25, -0.2) is 0 Å². The molecule has 0 aliphatic heterocycles. The van der Waals surface area contributed by atoms with E-state index in [9.17, 15) is 9.59 Å². The lowest BCUT2D eigenvalue weighted by atomic mass is 9.93. The number of halogens is 1. The van der Waals surface area contributed by atoms with Gasteiger partial charge in [-0.1, -0.05) is 41.9 Å². The van der Waals surface area contributed by atoms with E-state index in [1.54, 1.807) is 12.1 Å². The zero-order chi connectivity index (χ0) is 17.6. The quantitative estimate of drug-likeness (QED) is 0.747. The molecule has 1 saturated carbocycles. The summed E-state index contributed by atoms with van der Waals surface area (Å²) in [5.41, 5.74) is 1.61. The second kappa shape index (κ2) is 8.17. The van der Waals surface area contributed by atoms with Crippen molar-refractivity contribution in [2.45, 2.75) is 18.8 Å². The van der Waals surface area contributed by atoms with Gasteiger partial charge in [0.25, 0.3) is 5.91 Å². The number of hydrogen-bond donors (Lipinski definition) is 2. The molecule has 130 valence electrons. The van der Waals surface area contributed by atoms with Crippen LogP contribution in [0.2, 0.25) is 5.02 Å². The van der Waals surface area contributed by atoms with Gasteiger partial charge in [0.2, 0.25) is 5.91 Å². The highest BCUT2D eigenvalue weighted by Gasteiger charge is 2.37. The second-order valence-corrected chi connectivity index (χ2v) is 6.72. The third-order valence-electron chi connectivity index (χ3n) is 4.35. The highest BCUT2D eigenvalue weighted by Crippen LogP contribution is 2.42. The molecule has 0 heterocycles. The lowest BCUT2D eigenvalue weighted by Gasteiger charge is -2.17. The Morgan fingerprint density at radius 1 is 0.960 bits per heavy atom. The van der Waals surface area contributed by atoms with Gasteiger partial charge in [-0.3, -0.25) is 9.59 Å². The lowest BCUT2D eigenvalue weighted by molar-refractivity contribution is -0.123. The maximum absolute atomic E-state index is 12.6. The molecule has 0 spiro atoms. The van der Waals surface area contributed by atoms with Gasteiger partial charge in [0, 0.05) is 23.7 Å². The van der Waals surface area contributed by atoms with Crippen LogP contribution >= 0.6 is 11.6 Å². The monoisotopic (exact) mass is 356 g/mol. The average molecular weight is 357 g/mol. The Labute approximate surface area is 152 Å². The summed E-state index contributed by atoms with van der Waals surface area (Å²) >= 11 is 5.93. The number of carbonyl (C=O) groups is 2. The molecule has 2 aromatic carbocycles. The molecule has 1 atom stereocenters. The van der Waals surface area contributed by atoms with Crippen LogP contribution in [0.4, 0.5) is 0 Å². The maximum Gasteiger partial charge on any atom is 0.251 e. The molecule has 1 fully saturated rings. The van der Waals surface area contributed by atoms with Crippen molar-refractivity contribution in [3.05, 3.63) is 70.7 Å². The zero-order valence-electron chi connectivity index (χ0n) is 13.9. The predicted molar refractivity (Wildman–Crippen MR) is 98.7 cm³/mol. The Morgan fingerprint density at radius 2 is 1.60 bits per heavy atom. The summed E-state index contributed by atoms with van der Waals surface area (Å²) in [7, 11) is 0. The van der Waals surface area contributed by atoms with Crippen molar-refractivity contribution in [1.29, 1.82) is 0 Å². The number of rotatable bonds is 7. The molecule has 2 amide bonds. The smallest absolute Gasteiger partial charge is 0.251 e. The molecule has 3 rings (SSSR count). The third kappa shape index (κ3) is 4.83. The van der Waals surface area contributed by atoms with Crippen LogP contribution in [0.5, 0.6) is 0 Å². The summed E-state index contributed by atoms with van der Waals surface area (Å²) in [6.45, 7) is 0.811. The summed E-state index contributed by atoms with van der Waals surface area (Å²) < 4.78 is 0. The van der Waals surface area contributed by atoms with Crippen molar-refractivity contribution in [2.24, 2.45) is 5.92 Å². The molecule has 25 heavy (non-hydrogen) atoms. The number of amides is 2. The first kappa shape index (κ1) is 17.5. The van der Waals surface area contributed by atoms with Gasteiger partial charge in [0.1, 0.15) is 0 Å². The van der Waals surface area contributed by atoms with Crippen molar-refractivity contribution in [1.82, 2.24) is 10.6 Å². The summed E-state index contributed by atoms with van der Waals surface area (Å²) in [5.74, 6) is 0.146. The molecule has 0 aromatic heterocycles. The molecule has 4 nitrogen and oxygen atoms in total. The summed E-state index contributed by atoms with van der Waals surface area (Å²) in [6, 6.07) is 16.5. The van der Waals surface area contributed by atoms with E-state index in [0.29, 0.717) is 29.6 Å². The highest BCUT2D eigenvalue weighted by molar-refractivity contribution is 6.30. The standard InChI is InChI=1S/C20H21ClN2O2/c21-17-10-8-15(9-11-17)18(14-6-7-14)20(25)23-13-12-22-19(24)16-4-2-1-3-5-16/h1-5,8-11,14,18H,6-7,12-13H2,(H,22,24)(H,23,25). The van der Waals surface area contributed by atoms with Crippen LogP contribution in [0.15, 0.2) is 54.6 Å². The first-order valence-electron chi connectivity index (χ1n) is 8.51. The number of nitrogens with one attached hydrogen (secondary N) is 2. The van der Waals surface area contributed by atoms with Crippen LogP contribution in [0.3, 0.4) is 0 Å². The minimum atomic E-state index is -0.137. The van der Waals surface area contributed by atoms with Crippen LogP contribution in [-0.2, 0) is 4.79 Å². The van der Waals surface area contributed by atoms with Crippen LogP contribution in [-0.4, -0.2) is 24.9 Å². The van der Waals surface area contributed by atoms with E-state index >= 15 is 0 Å². The molecule has 5 heteroatoms. The van der Waals surface area contributed by atoms with Gasteiger partial charge in [0.05, 0.1) is 5.92 Å². The van der Waals surface area contributed by atoms with Crippen LogP contribution in [0.1, 0.15) is 34.7 Å². The summed E-state index contributed by atoms with van der Waals surface area (Å²) in [4.78, 5) is 24.5. The molecule has 0 bridgehead atoms. The van der Waals surface area contributed by atoms with Crippen molar-refractivity contribution in [3.63, 3.8) is 0 Å². The fourth-order valence-electron chi connectivity index (χ4n) is 2.90. The van der Waals surface area contributed by atoms with Crippen molar-refractivity contribution < 1.29 is 9.59 Å². The molecule has 1 unspecified atom stereocenters. The molecule has 2 N–H and O–H groups in total. The molecule has 1 aliphatic carbocycles. The Hall–Kier alpha value is -2.33. The highest BCUT2D eigenvalue weighted by atomic mass is 35.5. The Kier molecular flexibility index (Phi) is 5.71. The van der Waals surface area contributed by atoms with Gasteiger partial charge < -0.3 is 10.6 Å². The molecule has 2 aromatic rings. The molecular formula is C20H21ClN2O2. The number of carbonyl (C=O) groups excluding carboxylic acids is 2. The topological polar surface area (TPSA) is 58.2 Å². The molecular weight excluding hydrogens is 336 g/mol. The zero-order valence-corrected chi connectivity index (χ0v) is 14.6. The summed E-state index contributed by atoms with van der Waals surface area (Å²) in [5, 5.41) is 6.42. The third-order valence-corrected chi connectivity index (χ3v) is 4.60. The number of benzene rings is 2. The first-order chi connectivity index (χ1) is 12.1. The fourth-order valence-corrected chi connectivity index (χ4v) is 3.03. The van der Waals surface area contributed by atoms with E-state index in [4.69, 9.17) is 11.6 Å². The van der Waals surface area contributed by atoms with Gasteiger partial charge >= 0.3 is 0 Å². The molecule has 0 radical (unpaired) electrons. The predicted octanol–water partition coefficient (Wildman–Crippen LogP) is 3.38. The molecule has 0 saturated heterocycles. The van der Waals surface area contributed by atoms with E-state index in [2.05, 4.69) is 10.6 Å². The average Bonchev–Trinajstić information content (AvgIpc) is 3.46. The van der Waals surface area contributed by atoms with Gasteiger partial charge in [0.15, 0.2) is 0 Å². The van der Waals surface area contributed by atoms with Gasteiger partial charge in [-0.2, -0.15) is 0 Å². The Bertz CT molecular complexity index is 727. The van der Waals surface area contributed by atoms with Crippen LogP contribution < -0.4 is 10.6 Å². The first-order valence-corrected chi connectivity index (χ1v) is 8.89. The fraction of sp³-hybridized carbons (Fsp3) is 0.300. The lowest BCUT2D eigenvalue weighted by Crippen LogP contribution is -2.37. The van der Waals surface area contributed by atoms with E-state index in [-0.39, 0.29) is 17.7 Å². The van der Waals surface area contributed by atoms with Crippen molar-refractivity contribution in [3.8, 4) is 0 Å². The maximum atomic E-state index is 12.6. The van der Waals surface area contributed by atoms with Crippen molar-refractivity contribution in [2.75, 3.05) is 13.1 Å². The van der Waals surface area contributed by atoms with Crippen LogP contribution in [0.25, 0.3) is 0 Å². The van der Waals surface area contributed by atoms with E-state index in [1.807, 2.05) is 42.5 Å². The Balaban J connectivity index is 1.49. The second-order valence-electron chi connectivity index (χ2n) is 6.28. The van der Waals surface area contributed by atoms with E-state index in [0.717, 1.165) is 18.4 Å².